The first kappa shape index (κ1) is 19.6. The van der Waals surface area contributed by atoms with E-state index >= 15 is 0 Å². The Hall–Kier alpha value is -2.75. The summed E-state index contributed by atoms with van der Waals surface area (Å²) in [5, 5.41) is 2.58. The fourth-order valence-electron chi connectivity index (χ4n) is 2.67. The molecule has 29 heavy (non-hydrogen) atoms. The first-order valence-corrected chi connectivity index (χ1v) is 11.5. The van der Waals surface area contributed by atoms with Crippen LogP contribution in [0.3, 0.4) is 0 Å². The maximum absolute atomic E-state index is 12.3. The van der Waals surface area contributed by atoms with E-state index in [1.807, 2.05) is 30.3 Å². The summed E-state index contributed by atoms with van der Waals surface area (Å²) in [6.07, 6.45) is 2.44. The lowest BCUT2D eigenvalue weighted by Gasteiger charge is -2.09. The van der Waals surface area contributed by atoms with Crippen molar-refractivity contribution >= 4 is 33.0 Å². The van der Waals surface area contributed by atoms with Crippen LogP contribution in [0, 0.1) is 0 Å². The molecule has 1 aromatic heterocycles. The van der Waals surface area contributed by atoms with Gasteiger partial charge in [-0.1, -0.05) is 30.3 Å². The van der Waals surface area contributed by atoms with E-state index in [9.17, 15) is 13.2 Å². The molecule has 1 saturated carbocycles. The lowest BCUT2D eigenvalue weighted by Crippen LogP contribution is -2.29. The zero-order chi connectivity index (χ0) is 20.3. The van der Waals surface area contributed by atoms with Gasteiger partial charge in [-0.25, -0.2) is 18.1 Å². The minimum Gasteiger partial charge on any atom is -0.298 e. The summed E-state index contributed by atoms with van der Waals surface area (Å²) >= 11 is 1.44. The number of nitrogens with zero attached hydrogens (tertiary/aromatic N) is 1. The molecule has 0 unspecified atom stereocenters. The topological polar surface area (TPSA) is 100 Å². The fraction of sp³-hybridized carbons (Fsp3) is 0.200. The zero-order valence-electron chi connectivity index (χ0n) is 15.5. The summed E-state index contributed by atoms with van der Waals surface area (Å²) < 4.78 is 27.0. The Morgan fingerprint density at radius 2 is 1.79 bits per heavy atom. The number of sulfonamides is 1. The molecule has 0 bridgehead atoms. The minimum absolute atomic E-state index is 0.0574. The number of anilines is 1. The predicted octanol–water partition coefficient (Wildman–Crippen LogP) is 2.93. The van der Waals surface area contributed by atoms with Crippen molar-refractivity contribution in [3.8, 4) is 0 Å². The molecule has 4 rings (SSSR count). The zero-order valence-corrected chi connectivity index (χ0v) is 17.1. The number of aromatic nitrogens is 1. The molecule has 3 aromatic rings. The van der Waals surface area contributed by atoms with E-state index in [0.717, 1.165) is 23.4 Å². The van der Waals surface area contributed by atoms with Gasteiger partial charge in [-0.05, 0) is 42.7 Å². The first-order chi connectivity index (χ1) is 14.0. The summed E-state index contributed by atoms with van der Waals surface area (Å²) in [5.74, 6) is -0.354. The van der Waals surface area contributed by atoms with Crippen molar-refractivity contribution in [2.45, 2.75) is 30.2 Å². The number of hydrazine groups is 1. The highest BCUT2D eigenvalue weighted by atomic mass is 32.2. The normalized spacial score (nSPS) is 13.8. The number of carbonyl (C=O) groups is 1. The molecule has 9 heteroatoms. The molecule has 1 amide bonds. The van der Waals surface area contributed by atoms with Gasteiger partial charge in [-0.15, -0.1) is 11.3 Å². The predicted molar refractivity (Wildman–Crippen MR) is 112 cm³/mol. The van der Waals surface area contributed by atoms with Crippen molar-refractivity contribution in [3.05, 3.63) is 76.2 Å². The molecule has 7 nitrogen and oxygen atoms in total. The van der Waals surface area contributed by atoms with Gasteiger partial charge in [0.1, 0.15) is 5.69 Å². The molecule has 2 aromatic carbocycles. The third kappa shape index (κ3) is 5.20. The maximum Gasteiger partial charge on any atom is 0.289 e. The Morgan fingerprint density at radius 3 is 2.48 bits per heavy atom. The summed E-state index contributed by atoms with van der Waals surface area (Å²) in [6, 6.07) is 16.2. The molecular formula is C20H20N4O3S2. The molecule has 1 heterocycles. The van der Waals surface area contributed by atoms with Gasteiger partial charge in [0.15, 0.2) is 0 Å². The summed E-state index contributed by atoms with van der Waals surface area (Å²) in [5.41, 5.74) is 7.41. The molecule has 1 fully saturated rings. The molecular weight excluding hydrogens is 408 g/mol. The average Bonchev–Trinajstić information content (AvgIpc) is 3.40. The van der Waals surface area contributed by atoms with Crippen LogP contribution >= 0.6 is 11.3 Å². The number of rotatable bonds is 8. The Morgan fingerprint density at radius 1 is 1.07 bits per heavy atom. The summed E-state index contributed by atoms with van der Waals surface area (Å²) in [6.45, 7) is 0. The monoisotopic (exact) mass is 428 g/mol. The number of hydrogen-bond donors (Lipinski definition) is 3. The van der Waals surface area contributed by atoms with Crippen LogP contribution in [0.2, 0.25) is 0 Å². The Kier molecular flexibility index (Phi) is 5.61. The Labute approximate surface area is 173 Å². The largest absolute Gasteiger partial charge is 0.298 e. The molecule has 150 valence electrons. The van der Waals surface area contributed by atoms with Crippen LogP contribution in [0.15, 0.2) is 64.9 Å². The number of hydrogen-bond acceptors (Lipinski definition) is 6. The van der Waals surface area contributed by atoms with Crippen molar-refractivity contribution in [1.82, 2.24) is 15.1 Å². The van der Waals surface area contributed by atoms with Gasteiger partial charge in [0.25, 0.3) is 5.91 Å². The van der Waals surface area contributed by atoms with Crippen LogP contribution in [-0.2, 0) is 16.4 Å². The van der Waals surface area contributed by atoms with Crippen LogP contribution in [0.25, 0.3) is 0 Å². The van der Waals surface area contributed by atoms with Gasteiger partial charge in [0.2, 0.25) is 10.0 Å². The van der Waals surface area contributed by atoms with Gasteiger partial charge in [0.05, 0.1) is 15.6 Å². The number of benzene rings is 2. The second-order valence-corrected chi connectivity index (χ2v) is 9.44. The van der Waals surface area contributed by atoms with Gasteiger partial charge in [-0.2, -0.15) is 0 Å². The van der Waals surface area contributed by atoms with E-state index < -0.39 is 10.0 Å². The minimum atomic E-state index is -3.48. The lowest BCUT2D eigenvalue weighted by molar-refractivity contribution is 0.0958. The molecule has 0 aliphatic heterocycles. The lowest BCUT2D eigenvalue weighted by atomic mass is 10.2. The number of amides is 1. The first-order valence-electron chi connectivity index (χ1n) is 9.17. The van der Waals surface area contributed by atoms with E-state index in [1.54, 1.807) is 17.5 Å². The highest BCUT2D eigenvalue weighted by Gasteiger charge is 2.27. The van der Waals surface area contributed by atoms with Gasteiger partial charge >= 0.3 is 0 Å². The molecule has 0 saturated heterocycles. The van der Waals surface area contributed by atoms with Crippen LogP contribution < -0.4 is 15.6 Å². The van der Waals surface area contributed by atoms with Crippen molar-refractivity contribution in [1.29, 1.82) is 0 Å². The average molecular weight is 429 g/mol. The highest BCUT2D eigenvalue weighted by Crippen LogP contribution is 2.22. The van der Waals surface area contributed by atoms with Crippen LogP contribution in [0.4, 0.5) is 5.69 Å². The molecule has 0 radical (unpaired) electrons. The smallest absolute Gasteiger partial charge is 0.289 e. The third-order valence-electron chi connectivity index (χ3n) is 4.37. The molecule has 3 N–H and O–H groups in total. The van der Waals surface area contributed by atoms with Crippen molar-refractivity contribution in [2.75, 3.05) is 5.43 Å². The van der Waals surface area contributed by atoms with Crippen molar-refractivity contribution in [2.24, 2.45) is 0 Å². The number of carbonyl (C=O) groups excluding carboxylic acids is 1. The van der Waals surface area contributed by atoms with Gasteiger partial charge in [-0.3, -0.25) is 15.6 Å². The van der Waals surface area contributed by atoms with Crippen LogP contribution in [0.5, 0.6) is 0 Å². The standard InChI is InChI=1S/C20H20N4O3S2/c25-20(18-13-28-19(21-18)12-14-4-2-1-3-5-14)23-22-15-8-10-17(11-9-15)29(26,27)24-16-6-7-16/h1-5,8-11,13,16,22,24H,6-7,12H2,(H,23,25). The third-order valence-corrected chi connectivity index (χ3v) is 6.75. The SMILES string of the molecule is O=C(NNc1ccc(S(=O)(=O)NC2CC2)cc1)c1csc(Cc2ccccc2)n1. The molecule has 1 aliphatic rings. The molecule has 0 atom stereocenters. The molecule has 0 spiro atoms. The van der Waals surface area contributed by atoms with Crippen molar-refractivity contribution in [3.63, 3.8) is 0 Å². The molecule has 1 aliphatic carbocycles. The van der Waals surface area contributed by atoms with Gasteiger partial charge in [0, 0.05) is 17.8 Å². The van der Waals surface area contributed by atoms with E-state index in [2.05, 4.69) is 20.6 Å². The van der Waals surface area contributed by atoms with E-state index in [4.69, 9.17) is 0 Å². The Bertz CT molecular complexity index is 1090. The highest BCUT2D eigenvalue weighted by molar-refractivity contribution is 7.89. The Balaban J connectivity index is 1.32. The fourth-order valence-corrected chi connectivity index (χ4v) is 4.78. The van der Waals surface area contributed by atoms with Crippen LogP contribution in [0.1, 0.15) is 33.9 Å². The van der Waals surface area contributed by atoms with E-state index in [-0.39, 0.29) is 16.8 Å². The number of thiazole rings is 1. The summed E-state index contributed by atoms with van der Waals surface area (Å²) in [7, 11) is -3.48. The van der Waals surface area contributed by atoms with Crippen molar-refractivity contribution < 1.29 is 13.2 Å². The maximum atomic E-state index is 12.3. The second-order valence-electron chi connectivity index (χ2n) is 6.79. The van der Waals surface area contributed by atoms with E-state index in [1.165, 1.54) is 23.5 Å². The van der Waals surface area contributed by atoms with Gasteiger partial charge < -0.3 is 0 Å². The number of nitrogens with one attached hydrogen (secondary N) is 3. The van der Waals surface area contributed by atoms with Crippen LogP contribution in [-0.4, -0.2) is 25.4 Å². The summed E-state index contributed by atoms with van der Waals surface area (Å²) in [4.78, 5) is 16.9. The quantitative estimate of drug-likeness (QED) is 0.479. The second kappa shape index (κ2) is 8.32. The van der Waals surface area contributed by atoms with E-state index in [0.29, 0.717) is 17.8 Å².